The molecule has 1 aliphatic rings. The molecule has 6 nitrogen and oxygen atoms in total. The number of Topliss-reactive ketones (excluding diaryl/α,β-unsaturated/α-hetero) is 1. The van der Waals surface area contributed by atoms with Crippen molar-refractivity contribution in [2.45, 2.75) is 25.8 Å². The number of benzene rings is 2. The number of carbonyl (C=O) groups excluding carboxylic acids is 3. The highest BCUT2D eigenvalue weighted by Crippen LogP contribution is 2.16. The third-order valence-electron chi connectivity index (χ3n) is 4.72. The summed E-state index contributed by atoms with van der Waals surface area (Å²) in [4.78, 5) is 37.8. The highest BCUT2D eigenvalue weighted by atomic mass is 19.1. The van der Waals surface area contributed by atoms with Crippen LogP contribution in [0.4, 0.5) is 14.9 Å². The summed E-state index contributed by atoms with van der Waals surface area (Å²) in [6, 6.07) is 12.0. The number of urea groups is 1. The van der Waals surface area contributed by atoms with E-state index in [1.165, 1.54) is 25.1 Å². The van der Waals surface area contributed by atoms with E-state index >= 15 is 0 Å². The number of likely N-dealkylation sites (tertiary alicyclic amines) is 1. The van der Waals surface area contributed by atoms with Gasteiger partial charge in [-0.1, -0.05) is 18.2 Å². The van der Waals surface area contributed by atoms with E-state index in [1.807, 2.05) is 0 Å². The summed E-state index contributed by atoms with van der Waals surface area (Å²) in [6.45, 7) is 2.46. The van der Waals surface area contributed by atoms with Gasteiger partial charge in [0, 0.05) is 35.9 Å². The number of nitrogens with one attached hydrogen (secondary N) is 2. The van der Waals surface area contributed by atoms with E-state index in [-0.39, 0.29) is 29.3 Å². The Balaban J connectivity index is 1.51. The molecule has 0 aliphatic carbocycles. The summed E-state index contributed by atoms with van der Waals surface area (Å²) in [7, 11) is 0. The SMILES string of the molecule is CC(=O)c1cccc(NC(=O)N2CCC(NC(=O)c3cccc(F)c3)CC2)c1. The van der Waals surface area contributed by atoms with E-state index < -0.39 is 5.82 Å². The van der Waals surface area contributed by atoms with Crippen LogP contribution in [0.2, 0.25) is 0 Å². The average Bonchev–Trinajstić information content (AvgIpc) is 2.68. The van der Waals surface area contributed by atoms with Crippen molar-refractivity contribution < 1.29 is 18.8 Å². The lowest BCUT2D eigenvalue weighted by molar-refractivity contribution is 0.0918. The van der Waals surface area contributed by atoms with Gasteiger partial charge in [0.25, 0.3) is 5.91 Å². The topological polar surface area (TPSA) is 78.5 Å². The Morgan fingerprint density at radius 2 is 1.68 bits per heavy atom. The molecule has 0 aromatic heterocycles. The van der Waals surface area contributed by atoms with Crippen molar-refractivity contribution in [3.05, 3.63) is 65.5 Å². The molecule has 0 unspecified atom stereocenters. The van der Waals surface area contributed by atoms with E-state index in [4.69, 9.17) is 0 Å². The average molecular weight is 383 g/mol. The predicted molar refractivity (Wildman–Crippen MR) is 104 cm³/mol. The monoisotopic (exact) mass is 383 g/mol. The van der Waals surface area contributed by atoms with Gasteiger partial charge in [0.2, 0.25) is 0 Å². The first kappa shape index (κ1) is 19.5. The number of amides is 3. The van der Waals surface area contributed by atoms with Crippen LogP contribution in [0.1, 0.15) is 40.5 Å². The molecule has 1 saturated heterocycles. The van der Waals surface area contributed by atoms with Crippen molar-refractivity contribution in [1.29, 1.82) is 0 Å². The van der Waals surface area contributed by atoms with Crippen LogP contribution >= 0.6 is 0 Å². The predicted octanol–water partition coefficient (Wildman–Crippen LogP) is 3.45. The summed E-state index contributed by atoms with van der Waals surface area (Å²) < 4.78 is 13.2. The molecule has 2 aromatic rings. The number of hydrogen-bond donors (Lipinski definition) is 2. The molecule has 0 saturated carbocycles. The second-order valence-corrected chi connectivity index (χ2v) is 6.81. The van der Waals surface area contributed by atoms with Crippen LogP contribution in [-0.2, 0) is 0 Å². The van der Waals surface area contributed by atoms with Gasteiger partial charge in [0.1, 0.15) is 5.82 Å². The van der Waals surface area contributed by atoms with Crippen LogP contribution in [-0.4, -0.2) is 41.8 Å². The van der Waals surface area contributed by atoms with Crippen molar-refractivity contribution in [3.8, 4) is 0 Å². The van der Waals surface area contributed by atoms with E-state index in [0.29, 0.717) is 37.2 Å². The zero-order valence-corrected chi connectivity index (χ0v) is 15.6. The van der Waals surface area contributed by atoms with Crippen LogP contribution in [0.15, 0.2) is 48.5 Å². The van der Waals surface area contributed by atoms with Crippen molar-refractivity contribution in [2.75, 3.05) is 18.4 Å². The number of anilines is 1. The molecule has 2 N–H and O–H groups in total. The molecular formula is C21H22FN3O3. The Labute approximate surface area is 162 Å². The molecule has 1 fully saturated rings. The maximum absolute atomic E-state index is 13.2. The van der Waals surface area contributed by atoms with Gasteiger partial charge in [-0.2, -0.15) is 0 Å². The summed E-state index contributed by atoms with van der Waals surface area (Å²) in [5.74, 6) is -0.831. The smallest absolute Gasteiger partial charge is 0.321 e. The number of ketones is 1. The fourth-order valence-electron chi connectivity index (χ4n) is 3.14. The Hall–Kier alpha value is -3.22. The molecule has 7 heteroatoms. The number of halogens is 1. The molecule has 0 spiro atoms. The number of piperidine rings is 1. The van der Waals surface area contributed by atoms with Crippen molar-refractivity contribution in [1.82, 2.24) is 10.2 Å². The minimum atomic E-state index is -0.451. The summed E-state index contributed by atoms with van der Waals surface area (Å²) in [5.41, 5.74) is 1.39. The second-order valence-electron chi connectivity index (χ2n) is 6.81. The van der Waals surface area contributed by atoms with E-state index in [2.05, 4.69) is 10.6 Å². The fraction of sp³-hybridized carbons (Fsp3) is 0.286. The maximum atomic E-state index is 13.2. The molecular weight excluding hydrogens is 361 g/mol. The van der Waals surface area contributed by atoms with Gasteiger partial charge in [-0.25, -0.2) is 9.18 Å². The lowest BCUT2D eigenvalue weighted by Gasteiger charge is -2.32. The first-order chi connectivity index (χ1) is 13.4. The number of rotatable bonds is 4. The Morgan fingerprint density at radius 1 is 1.00 bits per heavy atom. The summed E-state index contributed by atoms with van der Waals surface area (Å²) in [6.07, 6.45) is 1.23. The maximum Gasteiger partial charge on any atom is 0.321 e. The summed E-state index contributed by atoms with van der Waals surface area (Å²) in [5, 5.41) is 5.69. The van der Waals surface area contributed by atoms with Gasteiger partial charge in [-0.3, -0.25) is 9.59 Å². The van der Waals surface area contributed by atoms with E-state index in [9.17, 15) is 18.8 Å². The Kier molecular flexibility index (Phi) is 6.03. The van der Waals surface area contributed by atoms with Gasteiger partial charge in [0.15, 0.2) is 5.78 Å². The molecule has 28 heavy (non-hydrogen) atoms. The summed E-state index contributed by atoms with van der Waals surface area (Å²) >= 11 is 0. The number of hydrogen-bond acceptors (Lipinski definition) is 3. The number of nitrogens with zero attached hydrogens (tertiary/aromatic N) is 1. The van der Waals surface area contributed by atoms with Crippen molar-refractivity contribution in [3.63, 3.8) is 0 Å². The van der Waals surface area contributed by atoms with Gasteiger partial charge in [-0.05, 0) is 50.1 Å². The lowest BCUT2D eigenvalue weighted by Crippen LogP contribution is -2.47. The first-order valence-corrected chi connectivity index (χ1v) is 9.16. The van der Waals surface area contributed by atoms with Crippen LogP contribution in [0, 0.1) is 5.82 Å². The molecule has 2 aromatic carbocycles. The minimum absolute atomic E-state index is 0.0639. The third kappa shape index (κ3) is 4.94. The largest absolute Gasteiger partial charge is 0.349 e. The van der Waals surface area contributed by atoms with Crippen LogP contribution in [0.5, 0.6) is 0 Å². The van der Waals surface area contributed by atoms with Crippen molar-refractivity contribution in [2.24, 2.45) is 0 Å². The first-order valence-electron chi connectivity index (χ1n) is 9.16. The molecule has 0 atom stereocenters. The molecule has 1 aliphatic heterocycles. The molecule has 3 amide bonds. The number of carbonyl (C=O) groups is 3. The zero-order valence-electron chi connectivity index (χ0n) is 15.6. The zero-order chi connectivity index (χ0) is 20.1. The molecule has 1 heterocycles. The molecule has 146 valence electrons. The van der Waals surface area contributed by atoms with Crippen molar-refractivity contribution >= 4 is 23.4 Å². The molecule has 0 radical (unpaired) electrons. The van der Waals surface area contributed by atoms with E-state index in [1.54, 1.807) is 35.2 Å². The van der Waals surface area contributed by atoms with Crippen LogP contribution in [0.3, 0.4) is 0 Å². The highest BCUT2D eigenvalue weighted by molar-refractivity contribution is 5.97. The Morgan fingerprint density at radius 3 is 2.36 bits per heavy atom. The third-order valence-corrected chi connectivity index (χ3v) is 4.72. The standard InChI is InChI=1S/C21H22FN3O3/c1-14(26)15-4-3-7-19(13-15)24-21(28)25-10-8-18(9-11-25)23-20(27)16-5-2-6-17(22)12-16/h2-7,12-13,18H,8-11H2,1H3,(H,23,27)(H,24,28). The Bertz CT molecular complexity index is 892. The lowest BCUT2D eigenvalue weighted by atomic mass is 10.0. The van der Waals surface area contributed by atoms with Gasteiger partial charge >= 0.3 is 6.03 Å². The van der Waals surface area contributed by atoms with Crippen LogP contribution in [0.25, 0.3) is 0 Å². The van der Waals surface area contributed by atoms with Gasteiger partial charge in [-0.15, -0.1) is 0 Å². The van der Waals surface area contributed by atoms with Gasteiger partial charge < -0.3 is 15.5 Å². The highest BCUT2D eigenvalue weighted by Gasteiger charge is 2.24. The molecule has 3 rings (SSSR count). The second kappa shape index (κ2) is 8.65. The minimum Gasteiger partial charge on any atom is -0.349 e. The quantitative estimate of drug-likeness (QED) is 0.794. The van der Waals surface area contributed by atoms with Crippen LogP contribution < -0.4 is 10.6 Å². The van der Waals surface area contributed by atoms with Gasteiger partial charge in [0.05, 0.1) is 0 Å². The van der Waals surface area contributed by atoms with E-state index in [0.717, 1.165) is 0 Å². The fourth-order valence-corrected chi connectivity index (χ4v) is 3.14. The normalized spacial score (nSPS) is 14.4. The molecule has 0 bridgehead atoms.